The molecule has 3 aromatic rings. The van der Waals surface area contributed by atoms with Crippen LogP contribution in [0.4, 0.5) is 18.9 Å². The molecule has 33 heavy (non-hydrogen) atoms. The number of anilines is 1. The largest absolute Gasteiger partial charge is 0.573 e. The molecule has 1 aliphatic heterocycles. The van der Waals surface area contributed by atoms with Crippen LogP contribution in [0.1, 0.15) is 23.3 Å². The predicted molar refractivity (Wildman–Crippen MR) is 112 cm³/mol. The van der Waals surface area contributed by atoms with Crippen molar-refractivity contribution in [3.05, 3.63) is 60.4 Å². The van der Waals surface area contributed by atoms with Crippen molar-refractivity contribution in [3.63, 3.8) is 0 Å². The van der Waals surface area contributed by atoms with Crippen LogP contribution in [0.3, 0.4) is 0 Å². The summed E-state index contributed by atoms with van der Waals surface area (Å²) in [6.45, 7) is 0.792. The highest BCUT2D eigenvalue weighted by atomic mass is 19.4. The molecule has 0 unspecified atom stereocenters. The highest BCUT2D eigenvalue weighted by Gasteiger charge is 2.31. The standard InChI is InChI=1S/C22H20F3N5O3/c23-22(24,25)33-16-6-4-15(5-7-16)27-20(31)14-8-11-30(12-9-14)21(32)19-13-18(28-29-19)17-3-1-2-10-26-17/h1-7,10,13-14H,8-9,11-12H2,(H,27,31)(H,28,29). The summed E-state index contributed by atoms with van der Waals surface area (Å²) in [7, 11) is 0. The number of halogens is 3. The van der Waals surface area contributed by atoms with E-state index in [1.807, 2.05) is 6.07 Å². The summed E-state index contributed by atoms with van der Waals surface area (Å²) in [5.41, 5.74) is 1.94. The summed E-state index contributed by atoms with van der Waals surface area (Å²) in [4.78, 5) is 31.2. The Morgan fingerprint density at radius 2 is 1.79 bits per heavy atom. The van der Waals surface area contributed by atoms with E-state index < -0.39 is 6.36 Å². The molecule has 2 aromatic heterocycles. The number of aromatic nitrogens is 3. The highest BCUT2D eigenvalue weighted by Crippen LogP contribution is 2.25. The summed E-state index contributed by atoms with van der Waals surface area (Å²) in [6.07, 6.45) is -2.19. The molecule has 0 bridgehead atoms. The smallest absolute Gasteiger partial charge is 0.406 e. The van der Waals surface area contributed by atoms with Crippen LogP contribution < -0.4 is 10.1 Å². The minimum atomic E-state index is -4.77. The maximum Gasteiger partial charge on any atom is 0.573 e. The Morgan fingerprint density at radius 3 is 2.42 bits per heavy atom. The number of amides is 2. The van der Waals surface area contributed by atoms with Crippen molar-refractivity contribution in [2.45, 2.75) is 19.2 Å². The van der Waals surface area contributed by atoms with Gasteiger partial charge in [0.05, 0.1) is 5.69 Å². The molecule has 0 radical (unpaired) electrons. The molecule has 1 fully saturated rings. The van der Waals surface area contributed by atoms with Crippen molar-refractivity contribution in [2.75, 3.05) is 18.4 Å². The van der Waals surface area contributed by atoms with Gasteiger partial charge in [0.1, 0.15) is 17.1 Å². The zero-order valence-corrected chi connectivity index (χ0v) is 17.3. The molecule has 0 aliphatic carbocycles. The SMILES string of the molecule is O=C(Nc1ccc(OC(F)(F)F)cc1)C1CCN(C(=O)c2cc(-c3ccccn3)n[nH]2)CC1. The first-order valence-corrected chi connectivity index (χ1v) is 10.2. The van der Waals surface area contributed by atoms with Crippen molar-refractivity contribution in [1.82, 2.24) is 20.1 Å². The molecule has 172 valence electrons. The van der Waals surface area contributed by atoms with Crippen LogP contribution in [0, 0.1) is 5.92 Å². The zero-order chi connectivity index (χ0) is 23.4. The number of nitrogens with zero attached hydrogens (tertiary/aromatic N) is 3. The number of benzene rings is 1. The Labute approximate surface area is 186 Å². The lowest BCUT2D eigenvalue weighted by atomic mass is 9.95. The van der Waals surface area contributed by atoms with Crippen LogP contribution in [-0.4, -0.2) is 51.3 Å². The summed E-state index contributed by atoms with van der Waals surface area (Å²) >= 11 is 0. The van der Waals surface area contributed by atoms with Gasteiger partial charge in [0.25, 0.3) is 5.91 Å². The van der Waals surface area contributed by atoms with Crippen molar-refractivity contribution in [1.29, 1.82) is 0 Å². The van der Waals surface area contributed by atoms with Crippen molar-refractivity contribution in [3.8, 4) is 17.1 Å². The second-order valence-corrected chi connectivity index (χ2v) is 7.51. The van der Waals surface area contributed by atoms with Gasteiger partial charge in [0, 0.05) is 30.9 Å². The van der Waals surface area contributed by atoms with Gasteiger partial charge in [-0.3, -0.25) is 19.7 Å². The molecule has 3 heterocycles. The van der Waals surface area contributed by atoms with Crippen LogP contribution >= 0.6 is 0 Å². The van der Waals surface area contributed by atoms with Crippen molar-refractivity contribution < 1.29 is 27.5 Å². The lowest BCUT2D eigenvalue weighted by Crippen LogP contribution is -2.41. The fourth-order valence-corrected chi connectivity index (χ4v) is 3.58. The third kappa shape index (κ3) is 5.68. The molecule has 0 saturated carbocycles. The third-order valence-electron chi connectivity index (χ3n) is 5.24. The monoisotopic (exact) mass is 459 g/mol. The quantitative estimate of drug-likeness (QED) is 0.604. The number of hydrogen-bond acceptors (Lipinski definition) is 5. The van der Waals surface area contributed by atoms with E-state index in [2.05, 4.69) is 25.2 Å². The van der Waals surface area contributed by atoms with Gasteiger partial charge in [-0.1, -0.05) is 6.07 Å². The van der Waals surface area contributed by atoms with E-state index in [1.165, 1.54) is 12.1 Å². The number of carbonyl (C=O) groups excluding carboxylic acids is 2. The number of ether oxygens (including phenoxy) is 1. The summed E-state index contributed by atoms with van der Waals surface area (Å²) in [5.74, 6) is -1.13. The maximum atomic E-state index is 12.8. The van der Waals surface area contributed by atoms with E-state index in [0.29, 0.717) is 48.7 Å². The number of likely N-dealkylation sites (tertiary alicyclic amines) is 1. The number of carbonyl (C=O) groups is 2. The maximum absolute atomic E-state index is 12.8. The first kappa shape index (κ1) is 22.3. The van der Waals surface area contributed by atoms with Gasteiger partial charge in [-0.2, -0.15) is 5.10 Å². The molecular formula is C22H20F3N5O3. The Morgan fingerprint density at radius 1 is 1.06 bits per heavy atom. The van der Waals surface area contributed by atoms with Gasteiger partial charge < -0.3 is 15.0 Å². The molecule has 11 heteroatoms. The topological polar surface area (TPSA) is 100 Å². The van der Waals surface area contributed by atoms with Crippen LogP contribution in [0.2, 0.25) is 0 Å². The molecule has 1 aromatic carbocycles. The van der Waals surface area contributed by atoms with E-state index in [-0.39, 0.29) is 23.5 Å². The molecule has 2 amide bonds. The molecule has 0 spiro atoms. The molecule has 8 nitrogen and oxygen atoms in total. The van der Waals surface area contributed by atoms with Crippen molar-refractivity contribution >= 4 is 17.5 Å². The van der Waals surface area contributed by atoms with Gasteiger partial charge in [0.15, 0.2) is 0 Å². The molecule has 1 aliphatic rings. The number of rotatable bonds is 5. The predicted octanol–water partition coefficient (Wildman–Crippen LogP) is 3.86. The zero-order valence-electron chi connectivity index (χ0n) is 17.3. The van der Waals surface area contributed by atoms with Crippen LogP contribution in [0.25, 0.3) is 11.4 Å². The van der Waals surface area contributed by atoms with E-state index in [0.717, 1.165) is 12.1 Å². The Balaban J connectivity index is 1.29. The summed E-state index contributed by atoms with van der Waals surface area (Å²) in [5, 5.41) is 9.59. The molecular weight excluding hydrogens is 439 g/mol. The lowest BCUT2D eigenvalue weighted by molar-refractivity contribution is -0.274. The summed E-state index contributed by atoms with van der Waals surface area (Å²) in [6, 6.07) is 12.0. The first-order chi connectivity index (χ1) is 15.8. The van der Waals surface area contributed by atoms with E-state index in [1.54, 1.807) is 29.3 Å². The third-order valence-corrected chi connectivity index (χ3v) is 5.24. The van der Waals surface area contributed by atoms with Gasteiger partial charge in [-0.25, -0.2) is 0 Å². The highest BCUT2D eigenvalue weighted by molar-refractivity contribution is 5.94. The number of alkyl halides is 3. The number of nitrogens with one attached hydrogen (secondary N) is 2. The van der Waals surface area contributed by atoms with Crippen LogP contribution in [0.5, 0.6) is 5.75 Å². The minimum absolute atomic E-state index is 0.205. The number of H-pyrrole nitrogens is 1. The number of aromatic amines is 1. The fraction of sp³-hybridized carbons (Fsp3) is 0.273. The van der Waals surface area contributed by atoms with E-state index >= 15 is 0 Å². The van der Waals surface area contributed by atoms with E-state index in [4.69, 9.17) is 0 Å². The molecule has 1 saturated heterocycles. The molecule has 0 atom stereocenters. The Bertz CT molecular complexity index is 1110. The number of pyridine rings is 1. The average Bonchev–Trinajstić information content (AvgIpc) is 3.30. The first-order valence-electron chi connectivity index (χ1n) is 10.2. The van der Waals surface area contributed by atoms with E-state index in [9.17, 15) is 22.8 Å². The summed E-state index contributed by atoms with van der Waals surface area (Å²) < 4.78 is 40.5. The van der Waals surface area contributed by atoms with Crippen LogP contribution in [-0.2, 0) is 4.79 Å². The van der Waals surface area contributed by atoms with Crippen molar-refractivity contribution in [2.24, 2.45) is 5.92 Å². The molecule has 2 N–H and O–H groups in total. The average molecular weight is 459 g/mol. The van der Waals surface area contributed by atoms with Gasteiger partial charge in [0.2, 0.25) is 5.91 Å². The van der Waals surface area contributed by atoms with Gasteiger partial charge in [-0.15, -0.1) is 13.2 Å². The van der Waals surface area contributed by atoms with Gasteiger partial charge >= 0.3 is 6.36 Å². The number of hydrogen-bond donors (Lipinski definition) is 2. The normalized spacial score (nSPS) is 14.7. The second kappa shape index (κ2) is 9.31. The lowest BCUT2D eigenvalue weighted by Gasteiger charge is -2.31. The minimum Gasteiger partial charge on any atom is -0.406 e. The number of piperidine rings is 1. The van der Waals surface area contributed by atoms with Crippen LogP contribution in [0.15, 0.2) is 54.7 Å². The fourth-order valence-electron chi connectivity index (χ4n) is 3.58. The Kier molecular flexibility index (Phi) is 6.29. The molecule has 4 rings (SSSR count). The second-order valence-electron chi connectivity index (χ2n) is 7.51. The van der Waals surface area contributed by atoms with Gasteiger partial charge in [-0.05, 0) is 55.3 Å². The Hall–Kier alpha value is -3.89.